The molecule has 0 spiro atoms. The molecule has 0 amide bonds. The third kappa shape index (κ3) is 3.14. The third-order valence-electron chi connectivity index (χ3n) is 11.4. The molecule has 8 aromatic carbocycles. The van der Waals surface area contributed by atoms with Gasteiger partial charge in [0.15, 0.2) is 0 Å². The van der Waals surface area contributed by atoms with E-state index < -0.39 is 0 Å². The van der Waals surface area contributed by atoms with Crippen LogP contribution in [0.4, 0.5) is 0 Å². The molecule has 0 atom stereocenters. The summed E-state index contributed by atoms with van der Waals surface area (Å²) in [7, 11) is 0. The van der Waals surface area contributed by atoms with Gasteiger partial charge in [-0.3, -0.25) is 0 Å². The lowest BCUT2D eigenvalue weighted by Gasteiger charge is -2.31. The molecule has 0 unspecified atom stereocenters. The highest BCUT2D eigenvalue weighted by molar-refractivity contribution is 6.28. The van der Waals surface area contributed by atoms with Gasteiger partial charge in [0.05, 0.1) is 0 Å². The fourth-order valence-electron chi connectivity index (χ4n) is 9.35. The Morgan fingerprint density at radius 1 is 0.370 bits per heavy atom. The predicted octanol–water partition coefficient (Wildman–Crippen LogP) is 12.5. The van der Waals surface area contributed by atoms with Crippen molar-refractivity contribution in [3.63, 3.8) is 0 Å². The van der Waals surface area contributed by atoms with Gasteiger partial charge in [0.1, 0.15) is 0 Å². The monoisotopic (exact) mass is 586 g/mol. The smallest absolute Gasteiger partial charge is 0.0162 e. The van der Waals surface area contributed by atoms with Crippen LogP contribution >= 0.6 is 0 Å². The van der Waals surface area contributed by atoms with Crippen LogP contribution < -0.4 is 0 Å². The van der Waals surface area contributed by atoms with E-state index in [2.05, 4.69) is 161 Å². The van der Waals surface area contributed by atoms with E-state index in [1.165, 1.54) is 99.1 Å². The minimum absolute atomic E-state index is 0.0790. The molecule has 0 aliphatic heterocycles. The SMILES string of the molecule is CC1(C)c2ccccc2-c2cc(-c3ccc4ccc5c(-c6ccccc6)ccc6ccc3c4c65)c3c(c21)C(C)(C)c1ccccc1-3. The van der Waals surface area contributed by atoms with Gasteiger partial charge in [-0.1, -0.05) is 155 Å². The summed E-state index contributed by atoms with van der Waals surface area (Å²) >= 11 is 0. The molecule has 0 bridgehead atoms. The van der Waals surface area contributed by atoms with Crippen LogP contribution in [0.5, 0.6) is 0 Å². The molecule has 0 nitrogen and oxygen atoms in total. The summed E-state index contributed by atoms with van der Waals surface area (Å²) in [6.07, 6.45) is 0. The molecule has 0 saturated carbocycles. The molecule has 0 heteroatoms. The van der Waals surface area contributed by atoms with E-state index in [0.717, 1.165) is 0 Å². The molecule has 0 heterocycles. The topological polar surface area (TPSA) is 0 Å². The van der Waals surface area contributed by atoms with E-state index in [4.69, 9.17) is 0 Å². The van der Waals surface area contributed by atoms with E-state index in [9.17, 15) is 0 Å². The van der Waals surface area contributed by atoms with Crippen LogP contribution in [0, 0.1) is 0 Å². The first-order chi connectivity index (χ1) is 22.4. The molecule has 0 saturated heterocycles. The van der Waals surface area contributed by atoms with Gasteiger partial charge in [-0.25, -0.2) is 0 Å². The number of fused-ring (bicyclic) bond motifs is 7. The number of hydrogen-bond acceptors (Lipinski definition) is 0. The highest BCUT2D eigenvalue weighted by Crippen LogP contribution is 2.61. The Morgan fingerprint density at radius 2 is 0.891 bits per heavy atom. The van der Waals surface area contributed by atoms with Gasteiger partial charge in [0.25, 0.3) is 0 Å². The molecule has 0 N–H and O–H groups in total. The van der Waals surface area contributed by atoms with Crippen LogP contribution in [0.2, 0.25) is 0 Å². The molecule has 0 fully saturated rings. The highest BCUT2D eigenvalue weighted by atomic mass is 14.5. The largest absolute Gasteiger partial charge is 0.0622 e. The van der Waals surface area contributed by atoms with Crippen molar-refractivity contribution >= 4 is 32.3 Å². The van der Waals surface area contributed by atoms with E-state index in [0.29, 0.717) is 0 Å². The fourth-order valence-corrected chi connectivity index (χ4v) is 9.35. The second kappa shape index (κ2) is 8.74. The van der Waals surface area contributed by atoms with E-state index >= 15 is 0 Å². The zero-order valence-electron chi connectivity index (χ0n) is 26.7. The Bertz CT molecular complexity index is 2560. The van der Waals surface area contributed by atoms with Gasteiger partial charge in [-0.05, 0) is 105 Å². The molecular formula is C46H34. The molecule has 46 heavy (non-hydrogen) atoms. The van der Waals surface area contributed by atoms with Gasteiger partial charge < -0.3 is 0 Å². The first-order valence-electron chi connectivity index (χ1n) is 16.5. The third-order valence-corrected chi connectivity index (χ3v) is 11.4. The summed E-state index contributed by atoms with van der Waals surface area (Å²) in [5, 5.41) is 7.98. The maximum absolute atomic E-state index is 2.54. The summed E-state index contributed by atoms with van der Waals surface area (Å²) in [5.41, 5.74) is 16.5. The average Bonchev–Trinajstić information content (AvgIpc) is 3.47. The zero-order chi connectivity index (χ0) is 30.9. The van der Waals surface area contributed by atoms with Gasteiger partial charge in [0.2, 0.25) is 0 Å². The summed E-state index contributed by atoms with van der Waals surface area (Å²) in [4.78, 5) is 0. The Labute approximate surface area is 270 Å². The molecule has 2 aliphatic carbocycles. The van der Waals surface area contributed by atoms with Crippen molar-refractivity contribution in [3.05, 3.63) is 156 Å². The minimum atomic E-state index is -0.111. The molecular weight excluding hydrogens is 553 g/mol. The standard InChI is InChI=1S/C46H34/c1-45(2)38-16-10-8-14-32(38)37-26-36(42-35-15-9-11-17-39(35)46(3,4)44(42)43(37)45)31-23-19-29-20-24-33-30(27-12-6-5-7-13-27)22-18-28-21-25-34(31)41(29)40(28)33/h5-26H,1-4H3. The Morgan fingerprint density at radius 3 is 1.59 bits per heavy atom. The summed E-state index contributed by atoms with van der Waals surface area (Å²) in [6, 6.07) is 50.3. The number of benzene rings is 8. The lowest BCUT2D eigenvalue weighted by molar-refractivity contribution is 0.601. The van der Waals surface area contributed by atoms with Gasteiger partial charge in [-0.2, -0.15) is 0 Å². The van der Waals surface area contributed by atoms with Gasteiger partial charge >= 0.3 is 0 Å². The lowest BCUT2D eigenvalue weighted by atomic mass is 9.71. The Balaban J connectivity index is 1.35. The molecule has 2 aliphatic rings. The van der Waals surface area contributed by atoms with Crippen molar-refractivity contribution < 1.29 is 0 Å². The Kier molecular flexibility index (Phi) is 4.95. The molecule has 218 valence electrons. The van der Waals surface area contributed by atoms with Crippen molar-refractivity contribution in [2.24, 2.45) is 0 Å². The second-order valence-electron chi connectivity index (χ2n) is 14.5. The van der Waals surface area contributed by atoms with Crippen molar-refractivity contribution in [1.29, 1.82) is 0 Å². The summed E-state index contributed by atoms with van der Waals surface area (Å²) in [6.45, 7) is 9.74. The predicted molar refractivity (Wildman–Crippen MR) is 196 cm³/mol. The number of hydrogen-bond donors (Lipinski definition) is 0. The van der Waals surface area contributed by atoms with E-state index in [-0.39, 0.29) is 10.8 Å². The van der Waals surface area contributed by atoms with Gasteiger partial charge in [0, 0.05) is 10.8 Å². The minimum Gasteiger partial charge on any atom is -0.0622 e. The summed E-state index contributed by atoms with van der Waals surface area (Å²) < 4.78 is 0. The van der Waals surface area contributed by atoms with Gasteiger partial charge in [-0.15, -0.1) is 0 Å². The first kappa shape index (κ1) is 26.1. The number of rotatable bonds is 2. The molecule has 0 aromatic heterocycles. The quantitative estimate of drug-likeness (QED) is 0.177. The maximum Gasteiger partial charge on any atom is 0.0162 e. The highest BCUT2D eigenvalue weighted by Gasteiger charge is 2.46. The first-order valence-corrected chi connectivity index (χ1v) is 16.5. The maximum atomic E-state index is 2.54. The van der Waals surface area contributed by atoms with Crippen LogP contribution in [0.25, 0.3) is 76.8 Å². The van der Waals surface area contributed by atoms with E-state index in [1.54, 1.807) is 0 Å². The van der Waals surface area contributed by atoms with Crippen LogP contribution in [0.1, 0.15) is 49.9 Å². The van der Waals surface area contributed by atoms with Crippen LogP contribution in [0.3, 0.4) is 0 Å². The molecule has 8 aromatic rings. The van der Waals surface area contributed by atoms with Crippen molar-refractivity contribution in [3.8, 4) is 44.5 Å². The van der Waals surface area contributed by atoms with Crippen LogP contribution in [0.15, 0.2) is 133 Å². The normalized spacial score (nSPS) is 15.3. The second-order valence-corrected chi connectivity index (χ2v) is 14.5. The van der Waals surface area contributed by atoms with Crippen LogP contribution in [-0.4, -0.2) is 0 Å². The molecule has 10 rings (SSSR count). The van der Waals surface area contributed by atoms with Crippen molar-refractivity contribution in [2.75, 3.05) is 0 Å². The Hall–Kier alpha value is -5.20. The average molecular weight is 587 g/mol. The lowest BCUT2D eigenvalue weighted by Crippen LogP contribution is -2.24. The van der Waals surface area contributed by atoms with Crippen LogP contribution in [-0.2, 0) is 10.8 Å². The van der Waals surface area contributed by atoms with Crippen molar-refractivity contribution in [1.82, 2.24) is 0 Å². The zero-order valence-corrected chi connectivity index (χ0v) is 26.7. The van der Waals surface area contributed by atoms with E-state index in [1.807, 2.05) is 0 Å². The van der Waals surface area contributed by atoms with Crippen molar-refractivity contribution in [2.45, 2.75) is 38.5 Å². The summed E-state index contributed by atoms with van der Waals surface area (Å²) in [5.74, 6) is 0. The fraction of sp³-hybridized carbons (Fsp3) is 0.130. The molecule has 0 radical (unpaired) electrons.